The second-order valence-electron chi connectivity index (χ2n) is 8.47. The quantitative estimate of drug-likeness (QED) is 0.867. The first-order valence-electron chi connectivity index (χ1n) is 9.96. The average Bonchev–Trinajstić information content (AvgIpc) is 3.35. The van der Waals surface area contributed by atoms with E-state index in [1.54, 1.807) is 0 Å². The molecule has 3 fully saturated rings. The van der Waals surface area contributed by atoms with Crippen LogP contribution in [-0.4, -0.2) is 63.0 Å². The van der Waals surface area contributed by atoms with Gasteiger partial charge in [-0.15, -0.1) is 0 Å². The summed E-state index contributed by atoms with van der Waals surface area (Å²) in [5.74, 6) is 2.72. The molecule has 1 aromatic heterocycles. The summed E-state index contributed by atoms with van der Waals surface area (Å²) in [7, 11) is 0. The largest absolute Gasteiger partial charge is 0.342 e. The van der Waals surface area contributed by atoms with Crippen LogP contribution in [0.4, 0.5) is 0 Å². The smallest absolute Gasteiger partial charge is 0.223 e. The topological polar surface area (TPSA) is 82.2 Å². The van der Waals surface area contributed by atoms with Crippen molar-refractivity contribution in [2.45, 2.75) is 58.3 Å². The fourth-order valence-corrected chi connectivity index (χ4v) is 4.51. The maximum atomic E-state index is 12.7. The van der Waals surface area contributed by atoms with Gasteiger partial charge in [0.25, 0.3) is 0 Å². The van der Waals surface area contributed by atoms with Gasteiger partial charge in [-0.3, -0.25) is 14.7 Å². The molecule has 0 aromatic carbocycles. The number of hydrogen-bond donors (Lipinski definition) is 1. The van der Waals surface area contributed by atoms with Gasteiger partial charge in [0, 0.05) is 50.9 Å². The summed E-state index contributed by atoms with van der Waals surface area (Å²) in [6.07, 6.45) is 7.31. The van der Waals surface area contributed by atoms with Crippen LogP contribution in [0.1, 0.15) is 56.6 Å². The highest BCUT2D eigenvalue weighted by atomic mass is 16.2. The Bertz CT molecular complexity index is 683. The van der Waals surface area contributed by atoms with Crippen LogP contribution in [0.25, 0.3) is 0 Å². The molecule has 1 aromatic rings. The molecule has 2 aliphatic heterocycles. The third-order valence-corrected chi connectivity index (χ3v) is 6.14. The van der Waals surface area contributed by atoms with Gasteiger partial charge in [-0.25, -0.2) is 4.98 Å². The summed E-state index contributed by atoms with van der Waals surface area (Å²) in [5, 5.41) is 6.94. The van der Waals surface area contributed by atoms with Gasteiger partial charge >= 0.3 is 0 Å². The normalized spacial score (nSPS) is 26.6. The molecule has 1 aliphatic carbocycles. The Morgan fingerprint density at radius 2 is 2.15 bits per heavy atom. The third kappa shape index (κ3) is 3.91. The van der Waals surface area contributed by atoms with Crippen molar-refractivity contribution >= 4 is 11.8 Å². The number of amides is 2. The zero-order valence-electron chi connectivity index (χ0n) is 15.7. The highest BCUT2D eigenvalue weighted by molar-refractivity contribution is 5.78. The van der Waals surface area contributed by atoms with Crippen LogP contribution in [0.2, 0.25) is 0 Å². The van der Waals surface area contributed by atoms with Gasteiger partial charge in [-0.2, -0.15) is 5.10 Å². The Balaban J connectivity index is 1.35. The minimum atomic E-state index is 0.109. The van der Waals surface area contributed by atoms with Gasteiger partial charge in [0.2, 0.25) is 11.8 Å². The van der Waals surface area contributed by atoms with Crippen molar-refractivity contribution in [2.75, 3.05) is 26.2 Å². The number of aryl methyl sites for hydroxylation is 2. The summed E-state index contributed by atoms with van der Waals surface area (Å²) < 4.78 is 0. The van der Waals surface area contributed by atoms with Crippen molar-refractivity contribution in [2.24, 2.45) is 11.3 Å². The Kier molecular flexibility index (Phi) is 4.71. The predicted molar refractivity (Wildman–Crippen MR) is 96.2 cm³/mol. The molecule has 3 heterocycles. The molecule has 4 rings (SSSR count). The van der Waals surface area contributed by atoms with Crippen LogP contribution in [-0.2, 0) is 16.0 Å². The lowest BCUT2D eigenvalue weighted by Crippen LogP contribution is -2.55. The van der Waals surface area contributed by atoms with Gasteiger partial charge in [0.15, 0.2) is 5.82 Å². The van der Waals surface area contributed by atoms with Gasteiger partial charge in [-0.05, 0) is 44.9 Å². The lowest BCUT2D eigenvalue weighted by atomic mass is 9.73. The number of hydrogen-bond acceptors (Lipinski definition) is 4. The molecule has 1 N–H and O–H groups in total. The molecular formula is C19H29N5O2. The van der Waals surface area contributed by atoms with Crippen LogP contribution in [0.3, 0.4) is 0 Å². The molecule has 1 unspecified atom stereocenters. The fraction of sp³-hybridized carbons (Fsp3) is 0.789. The maximum absolute atomic E-state index is 12.7. The second-order valence-corrected chi connectivity index (χ2v) is 8.47. The van der Waals surface area contributed by atoms with E-state index in [4.69, 9.17) is 0 Å². The lowest BCUT2D eigenvalue weighted by Gasteiger charge is -2.48. The van der Waals surface area contributed by atoms with E-state index in [0.29, 0.717) is 31.0 Å². The number of H-pyrrole nitrogens is 1. The number of carbonyl (C=O) groups is 2. The van der Waals surface area contributed by atoms with Crippen LogP contribution in [0.5, 0.6) is 0 Å². The lowest BCUT2D eigenvalue weighted by molar-refractivity contribution is -0.143. The number of piperidine rings is 2. The molecule has 1 spiro atoms. The van der Waals surface area contributed by atoms with E-state index in [0.717, 1.165) is 57.2 Å². The Morgan fingerprint density at radius 3 is 2.88 bits per heavy atom. The number of likely N-dealkylation sites (tertiary alicyclic amines) is 2. The van der Waals surface area contributed by atoms with Gasteiger partial charge in [0.05, 0.1) is 0 Å². The van der Waals surface area contributed by atoms with Crippen molar-refractivity contribution in [3.8, 4) is 0 Å². The number of nitrogens with one attached hydrogen (secondary N) is 1. The first-order chi connectivity index (χ1) is 12.5. The molecule has 7 nitrogen and oxygen atoms in total. The fourth-order valence-electron chi connectivity index (χ4n) is 4.51. The number of rotatable bonds is 5. The van der Waals surface area contributed by atoms with E-state index >= 15 is 0 Å². The molecule has 2 amide bonds. The first kappa shape index (κ1) is 17.5. The number of aromatic nitrogens is 3. The monoisotopic (exact) mass is 359 g/mol. The summed E-state index contributed by atoms with van der Waals surface area (Å²) >= 11 is 0. The maximum Gasteiger partial charge on any atom is 0.223 e. The number of aromatic amines is 1. The molecule has 142 valence electrons. The van der Waals surface area contributed by atoms with E-state index in [-0.39, 0.29) is 11.3 Å². The van der Waals surface area contributed by atoms with Crippen molar-refractivity contribution in [1.82, 2.24) is 25.0 Å². The molecule has 1 atom stereocenters. The van der Waals surface area contributed by atoms with E-state index < -0.39 is 0 Å². The van der Waals surface area contributed by atoms with E-state index in [1.165, 1.54) is 12.8 Å². The zero-order chi connectivity index (χ0) is 18.1. The second kappa shape index (κ2) is 7.00. The number of carbonyl (C=O) groups excluding carboxylic acids is 2. The van der Waals surface area contributed by atoms with Crippen molar-refractivity contribution in [1.29, 1.82) is 0 Å². The summed E-state index contributed by atoms with van der Waals surface area (Å²) in [4.78, 5) is 33.4. The van der Waals surface area contributed by atoms with Crippen molar-refractivity contribution in [3.05, 3.63) is 11.6 Å². The molecule has 0 radical (unpaired) electrons. The molecule has 1 saturated carbocycles. The van der Waals surface area contributed by atoms with E-state index in [1.807, 2.05) is 11.8 Å². The molecule has 7 heteroatoms. The third-order valence-electron chi connectivity index (χ3n) is 6.14. The highest BCUT2D eigenvalue weighted by Crippen LogP contribution is 2.40. The molecule has 26 heavy (non-hydrogen) atoms. The minimum Gasteiger partial charge on any atom is -0.342 e. The van der Waals surface area contributed by atoms with E-state index in [2.05, 4.69) is 20.1 Å². The minimum absolute atomic E-state index is 0.109. The molecule has 3 aliphatic rings. The van der Waals surface area contributed by atoms with Crippen LogP contribution >= 0.6 is 0 Å². The van der Waals surface area contributed by atoms with Gasteiger partial charge in [0.1, 0.15) is 5.82 Å². The van der Waals surface area contributed by atoms with Crippen molar-refractivity contribution in [3.63, 3.8) is 0 Å². The highest BCUT2D eigenvalue weighted by Gasteiger charge is 2.43. The van der Waals surface area contributed by atoms with Gasteiger partial charge < -0.3 is 9.80 Å². The SMILES string of the molecule is Cc1nc(CCC(=O)N2CCCC3(CCC(=O)N(CC4CC4)C3)C2)n[nH]1. The van der Waals surface area contributed by atoms with Crippen LogP contribution < -0.4 is 0 Å². The summed E-state index contributed by atoms with van der Waals surface area (Å²) in [5.41, 5.74) is 0.109. The van der Waals surface area contributed by atoms with Crippen LogP contribution in [0.15, 0.2) is 0 Å². The predicted octanol–water partition coefficient (Wildman–Crippen LogP) is 1.69. The molecular weight excluding hydrogens is 330 g/mol. The molecule has 0 bridgehead atoms. The Morgan fingerprint density at radius 1 is 1.31 bits per heavy atom. The van der Waals surface area contributed by atoms with E-state index in [9.17, 15) is 9.59 Å². The zero-order valence-corrected chi connectivity index (χ0v) is 15.7. The Hall–Kier alpha value is -1.92. The first-order valence-corrected chi connectivity index (χ1v) is 9.96. The summed E-state index contributed by atoms with van der Waals surface area (Å²) in [6.45, 7) is 5.27. The number of nitrogens with zero attached hydrogens (tertiary/aromatic N) is 4. The van der Waals surface area contributed by atoms with Gasteiger partial charge in [-0.1, -0.05) is 0 Å². The van der Waals surface area contributed by atoms with Crippen molar-refractivity contribution < 1.29 is 9.59 Å². The standard InChI is InChI=1S/C19H29N5O2/c1-14-20-16(22-21-14)5-6-17(25)23-10-2-8-19(12-23)9-7-18(26)24(13-19)11-15-3-4-15/h15H,2-13H2,1H3,(H,20,21,22). The average molecular weight is 359 g/mol. The van der Waals surface area contributed by atoms with Crippen LogP contribution in [0, 0.1) is 18.3 Å². The Labute approximate surface area is 154 Å². The molecule has 2 saturated heterocycles. The summed E-state index contributed by atoms with van der Waals surface area (Å²) in [6, 6.07) is 0.